The zero-order valence-corrected chi connectivity index (χ0v) is 17.3. The van der Waals surface area contributed by atoms with Crippen LogP contribution in [0.4, 0.5) is 5.69 Å². The van der Waals surface area contributed by atoms with Crippen molar-refractivity contribution in [3.8, 4) is 0 Å². The summed E-state index contributed by atoms with van der Waals surface area (Å²) in [5.41, 5.74) is 0.0689. The summed E-state index contributed by atoms with van der Waals surface area (Å²) in [7, 11) is -1.42. The van der Waals surface area contributed by atoms with E-state index in [1.165, 1.54) is 9.21 Å². The molecular formula is C17H27N4O3S2+. The topological polar surface area (TPSA) is 82.9 Å². The number of quaternary nitrogens is 1. The van der Waals surface area contributed by atoms with Crippen LogP contribution in [-0.4, -0.2) is 57.0 Å². The van der Waals surface area contributed by atoms with Gasteiger partial charge in [0.15, 0.2) is 5.11 Å². The molecule has 1 amide bonds. The quantitative estimate of drug-likeness (QED) is 0.627. The highest BCUT2D eigenvalue weighted by molar-refractivity contribution is 7.89. The summed E-state index contributed by atoms with van der Waals surface area (Å²) in [5.74, 6) is -0.189. The Morgan fingerprint density at radius 1 is 1.15 bits per heavy atom. The summed E-state index contributed by atoms with van der Waals surface area (Å²) >= 11 is 5.13. The lowest BCUT2D eigenvalue weighted by molar-refractivity contribution is -0.883. The van der Waals surface area contributed by atoms with Gasteiger partial charge in [-0.2, -0.15) is 4.31 Å². The second-order valence-corrected chi connectivity index (χ2v) is 9.89. The number of likely N-dealkylation sites (N-methyl/N-ethyl adjacent to an activating group) is 1. The molecule has 0 aliphatic carbocycles. The highest BCUT2D eigenvalue weighted by atomic mass is 32.2. The zero-order chi connectivity index (χ0) is 19.5. The number of thiocarbonyl (C=S) groups is 1. The lowest BCUT2D eigenvalue weighted by Gasteiger charge is -2.29. The molecule has 1 fully saturated rings. The number of benzene rings is 1. The van der Waals surface area contributed by atoms with Gasteiger partial charge < -0.3 is 15.5 Å². The Morgan fingerprint density at radius 2 is 1.69 bits per heavy atom. The van der Waals surface area contributed by atoms with E-state index in [1.807, 2.05) is 0 Å². The van der Waals surface area contributed by atoms with Gasteiger partial charge in [-0.25, -0.2) is 8.42 Å². The first-order valence-electron chi connectivity index (χ1n) is 8.54. The number of hydrogen-bond acceptors (Lipinski definition) is 4. The molecule has 1 aliphatic heterocycles. The van der Waals surface area contributed by atoms with Crippen molar-refractivity contribution in [3.63, 3.8) is 0 Å². The van der Waals surface area contributed by atoms with Crippen LogP contribution in [0, 0.1) is 5.41 Å². The fourth-order valence-electron chi connectivity index (χ4n) is 2.42. The van der Waals surface area contributed by atoms with Gasteiger partial charge in [-0.15, -0.1) is 0 Å². The van der Waals surface area contributed by atoms with E-state index in [9.17, 15) is 13.2 Å². The fraction of sp³-hybridized carbons (Fsp3) is 0.529. The van der Waals surface area contributed by atoms with E-state index in [4.69, 9.17) is 12.2 Å². The van der Waals surface area contributed by atoms with E-state index in [1.54, 1.807) is 45.0 Å². The average molecular weight is 400 g/mol. The molecule has 2 rings (SSSR count). The molecule has 144 valence electrons. The van der Waals surface area contributed by atoms with Gasteiger partial charge in [0.25, 0.3) is 0 Å². The third-order valence-corrected chi connectivity index (χ3v) is 6.35. The second-order valence-electron chi connectivity index (χ2n) is 7.54. The van der Waals surface area contributed by atoms with E-state index in [0.717, 1.165) is 13.1 Å². The Balaban J connectivity index is 2.01. The Kier molecular flexibility index (Phi) is 6.38. The van der Waals surface area contributed by atoms with Crippen molar-refractivity contribution < 1.29 is 18.1 Å². The number of nitrogens with one attached hydrogen (secondary N) is 3. The standard InChI is InChI=1S/C17H26N4O3S2/c1-17(2,3)15(22)19-16(25)18-13-5-7-14(8-6-13)26(23,24)21-11-9-20(4)10-12-21/h5-8H,9-12H2,1-4H3,(H2,18,19,22,25)/p+1. The summed E-state index contributed by atoms with van der Waals surface area (Å²) in [5, 5.41) is 5.70. The molecule has 0 atom stereocenters. The molecule has 0 radical (unpaired) electrons. The first-order chi connectivity index (χ1) is 12.0. The second kappa shape index (κ2) is 7.99. The summed E-state index contributed by atoms with van der Waals surface area (Å²) < 4.78 is 26.9. The minimum absolute atomic E-state index is 0.183. The molecule has 1 heterocycles. The normalized spacial score (nSPS) is 16.9. The van der Waals surface area contributed by atoms with Gasteiger partial charge >= 0.3 is 0 Å². The molecule has 1 saturated heterocycles. The largest absolute Gasteiger partial charge is 0.335 e. The molecule has 1 aromatic carbocycles. The van der Waals surface area contributed by atoms with E-state index in [2.05, 4.69) is 17.7 Å². The van der Waals surface area contributed by atoms with Gasteiger partial charge in [0.05, 0.1) is 38.1 Å². The lowest BCUT2D eigenvalue weighted by atomic mass is 9.96. The predicted octanol–water partition coefficient (Wildman–Crippen LogP) is 0.0647. The number of nitrogens with zero attached hydrogens (tertiary/aromatic N) is 1. The minimum Gasteiger partial charge on any atom is -0.335 e. The number of sulfonamides is 1. The molecule has 7 nitrogen and oxygen atoms in total. The van der Waals surface area contributed by atoms with Gasteiger partial charge in [-0.05, 0) is 36.5 Å². The summed E-state index contributed by atoms with van der Waals surface area (Å²) in [6.07, 6.45) is 0. The molecule has 9 heteroatoms. The van der Waals surface area contributed by atoms with E-state index in [0.29, 0.717) is 18.8 Å². The van der Waals surface area contributed by atoms with Crippen molar-refractivity contribution in [1.29, 1.82) is 0 Å². The zero-order valence-electron chi connectivity index (χ0n) is 15.6. The van der Waals surface area contributed by atoms with Gasteiger partial charge in [0.2, 0.25) is 15.9 Å². The molecular weight excluding hydrogens is 372 g/mol. The third-order valence-electron chi connectivity index (χ3n) is 4.23. The van der Waals surface area contributed by atoms with Crippen LogP contribution in [0.2, 0.25) is 0 Å². The highest BCUT2D eigenvalue weighted by Gasteiger charge is 2.29. The van der Waals surface area contributed by atoms with Crippen LogP contribution in [0.25, 0.3) is 0 Å². The average Bonchev–Trinajstić information content (AvgIpc) is 2.54. The van der Waals surface area contributed by atoms with E-state index in [-0.39, 0.29) is 15.9 Å². The van der Waals surface area contributed by atoms with Crippen molar-refractivity contribution in [2.75, 3.05) is 38.5 Å². The van der Waals surface area contributed by atoms with E-state index < -0.39 is 15.4 Å². The molecule has 1 aliphatic rings. The van der Waals surface area contributed by atoms with Crippen molar-refractivity contribution in [3.05, 3.63) is 24.3 Å². The van der Waals surface area contributed by atoms with Crippen molar-refractivity contribution in [1.82, 2.24) is 9.62 Å². The van der Waals surface area contributed by atoms with Crippen LogP contribution in [0.3, 0.4) is 0 Å². The Morgan fingerprint density at radius 3 is 2.19 bits per heavy atom. The van der Waals surface area contributed by atoms with Crippen LogP contribution >= 0.6 is 12.2 Å². The summed E-state index contributed by atoms with van der Waals surface area (Å²) in [6, 6.07) is 6.39. The molecule has 3 N–H and O–H groups in total. The number of hydrogen-bond donors (Lipinski definition) is 3. The van der Waals surface area contributed by atoms with Crippen molar-refractivity contribution in [2.45, 2.75) is 25.7 Å². The van der Waals surface area contributed by atoms with Crippen molar-refractivity contribution in [2.24, 2.45) is 5.41 Å². The number of carbonyl (C=O) groups is 1. The fourth-order valence-corrected chi connectivity index (χ4v) is 4.07. The van der Waals surface area contributed by atoms with Crippen LogP contribution in [0.15, 0.2) is 29.2 Å². The number of amides is 1. The van der Waals surface area contributed by atoms with Crippen molar-refractivity contribution >= 4 is 38.9 Å². The van der Waals surface area contributed by atoms with E-state index >= 15 is 0 Å². The number of piperazine rings is 1. The lowest BCUT2D eigenvalue weighted by Crippen LogP contribution is -3.12. The highest BCUT2D eigenvalue weighted by Crippen LogP contribution is 2.19. The maximum absolute atomic E-state index is 12.7. The maximum Gasteiger partial charge on any atom is 0.243 e. The Bertz CT molecular complexity index is 762. The number of anilines is 1. The molecule has 1 aromatic rings. The summed E-state index contributed by atoms with van der Waals surface area (Å²) in [4.78, 5) is 13.5. The smallest absolute Gasteiger partial charge is 0.243 e. The first kappa shape index (κ1) is 20.8. The van der Waals surface area contributed by atoms with Crippen LogP contribution < -0.4 is 15.5 Å². The predicted molar refractivity (Wildman–Crippen MR) is 106 cm³/mol. The summed E-state index contributed by atoms with van der Waals surface area (Å²) in [6.45, 7) is 8.05. The van der Waals surface area contributed by atoms with Crippen LogP contribution in [-0.2, 0) is 14.8 Å². The molecule has 0 aromatic heterocycles. The SMILES string of the molecule is C[NH+]1CCN(S(=O)(=O)c2ccc(NC(=S)NC(=O)C(C)(C)C)cc2)CC1. The maximum atomic E-state index is 12.7. The minimum atomic E-state index is -3.48. The molecule has 26 heavy (non-hydrogen) atoms. The first-order valence-corrected chi connectivity index (χ1v) is 10.4. The Labute approximate surface area is 160 Å². The number of carbonyl (C=O) groups excluding carboxylic acids is 1. The Hall–Kier alpha value is -1.55. The molecule has 0 saturated carbocycles. The third kappa shape index (κ3) is 5.23. The van der Waals surface area contributed by atoms with Crippen LogP contribution in [0.1, 0.15) is 20.8 Å². The van der Waals surface area contributed by atoms with Gasteiger partial charge in [-0.1, -0.05) is 20.8 Å². The molecule has 0 spiro atoms. The van der Waals surface area contributed by atoms with Gasteiger partial charge in [-0.3, -0.25) is 4.79 Å². The monoisotopic (exact) mass is 399 g/mol. The van der Waals surface area contributed by atoms with Crippen LogP contribution in [0.5, 0.6) is 0 Å². The molecule has 0 unspecified atom stereocenters. The number of rotatable bonds is 3. The van der Waals surface area contributed by atoms with Gasteiger partial charge in [0, 0.05) is 11.1 Å². The molecule has 0 bridgehead atoms. The van der Waals surface area contributed by atoms with Gasteiger partial charge in [0.1, 0.15) is 0 Å².